The van der Waals surface area contributed by atoms with E-state index in [-0.39, 0.29) is 5.11 Å². The summed E-state index contributed by atoms with van der Waals surface area (Å²) in [6, 6.07) is 10.8. The maximum absolute atomic E-state index is 6.02. The van der Waals surface area contributed by atoms with E-state index in [2.05, 4.69) is 10.5 Å². The number of hydrazone groups is 1. The number of rotatable bonds is 6. The summed E-state index contributed by atoms with van der Waals surface area (Å²) in [5.74, 6) is 1.12. The molecule has 0 aliphatic rings. The van der Waals surface area contributed by atoms with Crippen LogP contribution in [-0.2, 0) is 6.61 Å². The van der Waals surface area contributed by atoms with Gasteiger partial charge in [-0.3, -0.25) is 5.43 Å². The smallest absolute Gasteiger partial charge is 0.184 e. The highest BCUT2D eigenvalue weighted by atomic mass is 35.5. The second kappa shape index (κ2) is 8.73. The molecule has 3 N–H and O–H groups in total. The van der Waals surface area contributed by atoms with E-state index in [1.807, 2.05) is 18.2 Å². The van der Waals surface area contributed by atoms with Crippen LogP contribution in [0, 0.1) is 0 Å². The molecule has 0 unspecified atom stereocenters. The Bertz CT molecular complexity index is 769. The minimum absolute atomic E-state index is 0.0763. The number of benzene rings is 2. The topological polar surface area (TPSA) is 68.9 Å². The molecule has 2 rings (SSSR count). The zero-order valence-electron chi connectivity index (χ0n) is 12.8. The lowest BCUT2D eigenvalue weighted by Gasteiger charge is -2.13. The molecule has 2 aromatic carbocycles. The van der Waals surface area contributed by atoms with Gasteiger partial charge in [-0.25, -0.2) is 0 Å². The molecule has 0 bridgehead atoms. The first-order chi connectivity index (χ1) is 11.5. The molecule has 5 nitrogen and oxygen atoms in total. The van der Waals surface area contributed by atoms with E-state index in [0.29, 0.717) is 33.7 Å². The predicted octanol–water partition coefficient (Wildman–Crippen LogP) is 3.75. The molecule has 0 aliphatic heterocycles. The third-order valence-corrected chi connectivity index (χ3v) is 3.81. The maximum atomic E-state index is 6.02. The number of nitrogens with two attached hydrogens (primary N) is 1. The van der Waals surface area contributed by atoms with Crippen molar-refractivity contribution in [2.24, 2.45) is 10.8 Å². The third kappa shape index (κ3) is 4.99. The van der Waals surface area contributed by atoms with Crippen molar-refractivity contribution < 1.29 is 9.47 Å². The Morgan fingerprint density at radius 1 is 1.29 bits per heavy atom. The second-order valence-corrected chi connectivity index (χ2v) is 5.90. The first-order valence-electron chi connectivity index (χ1n) is 6.83. The highest BCUT2D eigenvalue weighted by Gasteiger charge is 2.10. The quantitative estimate of drug-likeness (QED) is 0.451. The van der Waals surface area contributed by atoms with Crippen LogP contribution >= 0.6 is 35.4 Å². The normalized spacial score (nSPS) is 10.6. The van der Waals surface area contributed by atoms with Gasteiger partial charge in [-0.05, 0) is 42.0 Å². The van der Waals surface area contributed by atoms with Gasteiger partial charge in [0.2, 0.25) is 0 Å². The molecule has 2 aromatic rings. The van der Waals surface area contributed by atoms with Gasteiger partial charge >= 0.3 is 0 Å². The lowest BCUT2D eigenvalue weighted by Crippen LogP contribution is -2.24. The third-order valence-electron chi connectivity index (χ3n) is 2.97. The van der Waals surface area contributed by atoms with Crippen molar-refractivity contribution in [3.63, 3.8) is 0 Å². The van der Waals surface area contributed by atoms with Gasteiger partial charge < -0.3 is 15.2 Å². The second-order valence-electron chi connectivity index (χ2n) is 4.65. The summed E-state index contributed by atoms with van der Waals surface area (Å²) in [6.07, 6.45) is 1.55. The number of thiocarbonyl (C=S) groups is 1. The van der Waals surface area contributed by atoms with Gasteiger partial charge in [-0.2, -0.15) is 5.10 Å². The van der Waals surface area contributed by atoms with Crippen molar-refractivity contribution in [1.82, 2.24) is 5.43 Å². The Balaban J connectivity index is 2.21. The summed E-state index contributed by atoms with van der Waals surface area (Å²) >= 11 is 16.6. The number of nitrogens with zero attached hydrogens (tertiary/aromatic N) is 1. The van der Waals surface area contributed by atoms with Crippen LogP contribution in [0.5, 0.6) is 11.5 Å². The van der Waals surface area contributed by atoms with Crippen molar-refractivity contribution >= 4 is 46.7 Å². The van der Waals surface area contributed by atoms with E-state index in [1.54, 1.807) is 31.5 Å². The van der Waals surface area contributed by atoms with Crippen LogP contribution < -0.4 is 20.6 Å². The van der Waals surface area contributed by atoms with Crippen molar-refractivity contribution in [2.75, 3.05) is 7.11 Å². The number of nitrogens with one attached hydrogen (secondary N) is 1. The minimum Gasteiger partial charge on any atom is -0.493 e. The van der Waals surface area contributed by atoms with Crippen LogP contribution in [0.25, 0.3) is 0 Å². The van der Waals surface area contributed by atoms with Crippen molar-refractivity contribution in [3.8, 4) is 11.5 Å². The van der Waals surface area contributed by atoms with Crippen LogP contribution in [0.3, 0.4) is 0 Å². The maximum Gasteiger partial charge on any atom is 0.184 e. The zero-order valence-corrected chi connectivity index (χ0v) is 15.1. The molecular formula is C16H15Cl2N3O2S. The highest BCUT2D eigenvalue weighted by molar-refractivity contribution is 7.80. The summed E-state index contributed by atoms with van der Waals surface area (Å²) in [4.78, 5) is 0. The van der Waals surface area contributed by atoms with Crippen molar-refractivity contribution in [1.29, 1.82) is 0 Å². The lowest BCUT2D eigenvalue weighted by atomic mass is 10.2. The molecule has 0 fully saturated rings. The van der Waals surface area contributed by atoms with Gasteiger partial charge in [0.05, 0.1) is 23.4 Å². The summed E-state index contributed by atoms with van der Waals surface area (Å²) < 4.78 is 11.2. The van der Waals surface area contributed by atoms with Crippen molar-refractivity contribution in [3.05, 3.63) is 57.6 Å². The fourth-order valence-corrected chi connectivity index (χ4v) is 2.27. The van der Waals surface area contributed by atoms with Crippen LogP contribution in [-0.4, -0.2) is 18.4 Å². The Labute approximate surface area is 155 Å². The Hall–Kier alpha value is -2.02. The number of hydrogen-bond donors (Lipinski definition) is 2. The molecule has 0 spiro atoms. The van der Waals surface area contributed by atoms with E-state index < -0.39 is 0 Å². The molecule has 0 saturated heterocycles. The lowest BCUT2D eigenvalue weighted by molar-refractivity contribution is 0.284. The van der Waals surface area contributed by atoms with E-state index in [4.69, 9.17) is 50.6 Å². The number of halogens is 2. The number of ether oxygens (including phenoxy) is 2. The Morgan fingerprint density at radius 2 is 2.08 bits per heavy atom. The summed E-state index contributed by atoms with van der Waals surface area (Å²) in [5, 5.41) is 4.99. The molecule has 0 saturated carbocycles. The summed E-state index contributed by atoms with van der Waals surface area (Å²) in [5.41, 5.74) is 9.42. The predicted molar refractivity (Wildman–Crippen MR) is 101 cm³/mol. The Morgan fingerprint density at radius 3 is 2.75 bits per heavy atom. The fraction of sp³-hybridized carbons (Fsp3) is 0.125. The summed E-state index contributed by atoms with van der Waals surface area (Å²) in [6.45, 7) is 0.292. The van der Waals surface area contributed by atoms with Gasteiger partial charge in [0, 0.05) is 5.56 Å². The molecule has 0 radical (unpaired) electrons. The standard InChI is InChI=1S/C16H15Cl2N3O2S/c1-22-14-4-2-3-11(8-20-21-16(19)24)15(14)23-9-10-5-6-12(17)13(18)7-10/h2-8H,9H2,1H3,(H3,19,21,24)/b20-8-. The molecule has 0 heterocycles. The number of methoxy groups -OCH3 is 1. The van der Waals surface area contributed by atoms with Gasteiger partial charge in [0.15, 0.2) is 16.6 Å². The average Bonchev–Trinajstić information content (AvgIpc) is 2.56. The monoisotopic (exact) mass is 383 g/mol. The Kier molecular flexibility index (Phi) is 6.66. The van der Waals surface area contributed by atoms with Crippen LogP contribution in [0.15, 0.2) is 41.5 Å². The first kappa shape index (κ1) is 18.3. The zero-order chi connectivity index (χ0) is 17.5. The minimum atomic E-state index is 0.0763. The molecule has 126 valence electrons. The average molecular weight is 384 g/mol. The van der Waals surface area contributed by atoms with Crippen LogP contribution in [0.1, 0.15) is 11.1 Å². The number of hydrogen-bond acceptors (Lipinski definition) is 4. The number of para-hydroxylation sites is 1. The van der Waals surface area contributed by atoms with E-state index >= 15 is 0 Å². The van der Waals surface area contributed by atoms with E-state index in [9.17, 15) is 0 Å². The van der Waals surface area contributed by atoms with Gasteiger partial charge in [-0.1, -0.05) is 35.3 Å². The first-order valence-corrected chi connectivity index (χ1v) is 8.00. The molecule has 0 aromatic heterocycles. The van der Waals surface area contributed by atoms with E-state index in [1.165, 1.54) is 0 Å². The van der Waals surface area contributed by atoms with E-state index in [0.717, 1.165) is 5.56 Å². The fourth-order valence-electron chi connectivity index (χ4n) is 1.90. The van der Waals surface area contributed by atoms with Crippen molar-refractivity contribution in [2.45, 2.75) is 6.61 Å². The van der Waals surface area contributed by atoms with Gasteiger partial charge in [-0.15, -0.1) is 0 Å². The van der Waals surface area contributed by atoms with Crippen LogP contribution in [0.2, 0.25) is 10.0 Å². The highest BCUT2D eigenvalue weighted by Crippen LogP contribution is 2.31. The summed E-state index contributed by atoms with van der Waals surface area (Å²) in [7, 11) is 1.57. The van der Waals surface area contributed by atoms with Gasteiger partial charge in [0.25, 0.3) is 0 Å². The molecular weight excluding hydrogens is 369 g/mol. The van der Waals surface area contributed by atoms with Crippen LogP contribution in [0.4, 0.5) is 0 Å². The molecule has 8 heteroatoms. The molecule has 0 amide bonds. The molecule has 24 heavy (non-hydrogen) atoms. The molecule has 0 aliphatic carbocycles. The largest absolute Gasteiger partial charge is 0.493 e. The van der Waals surface area contributed by atoms with Gasteiger partial charge in [0.1, 0.15) is 6.61 Å². The SMILES string of the molecule is COc1cccc(/C=N\NC(N)=S)c1OCc1ccc(Cl)c(Cl)c1. The molecule has 0 atom stereocenters.